The lowest BCUT2D eigenvalue weighted by Crippen LogP contribution is -2.18. The molecular formula is C27H39F2NO5. The van der Waals surface area contributed by atoms with Crippen LogP contribution in [0.2, 0.25) is 0 Å². The lowest BCUT2D eigenvalue weighted by atomic mass is 9.94. The van der Waals surface area contributed by atoms with Crippen LogP contribution in [0.3, 0.4) is 0 Å². The fraction of sp³-hybridized carbons (Fsp3) is 0.407. The predicted molar refractivity (Wildman–Crippen MR) is 137 cm³/mol. The van der Waals surface area contributed by atoms with Crippen LogP contribution in [0.15, 0.2) is 36.4 Å². The van der Waals surface area contributed by atoms with E-state index in [2.05, 4.69) is 19.1 Å². The third-order valence-electron chi connectivity index (χ3n) is 4.63. The standard InChI is InChI=1S/C9H11F2N.C9H12O.C7H12O2.2CH2O/c1-6-3-4-7(12)5-8(6)9(2,10)11;1-7-4-5-8(2)9(6-7)10-3;1-5(2)7(4-8)6(3)9;2*1-2/h3-5H,12H2,1-2H3;4-6H,1-3H3;4-5,7H,1-3H3;2*1H2/t;;7-;;/m..0../s1. The van der Waals surface area contributed by atoms with Crippen molar-refractivity contribution in [2.75, 3.05) is 12.8 Å². The molecule has 196 valence electrons. The molecule has 0 unspecified atom stereocenters. The zero-order valence-electron chi connectivity index (χ0n) is 22.0. The summed E-state index contributed by atoms with van der Waals surface area (Å²) in [4.78, 5) is 36.8. The molecule has 8 heteroatoms. The Labute approximate surface area is 207 Å². The number of aryl methyl sites for hydroxylation is 3. The van der Waals surface area contributed by atoms with Crippen LogP contribution in [0, 0.1) is 32.6 Å². The molecule has 6 nitrogen and oxygen atoms in total. The van der Waals surface area contributed by atoms with E-state index in [0.717, 1.165) is 12.7 Å². The Morgan fingerprint density at radius 3 is 1.77 bits per heavy atom. The highest BCUT2D eigenvalue weighted by atomic mass is 19.3. The molecule has 1 atom stereocenters. The van der Waals surface area contributed by atoms with Crippen LogP contribution < -0.4 is 10.5 Å². The molecule has 0 saturated carbocycles. The average Bonchev–Trinajstić information content (AvgIpc) is 2.80. The van der Waals surface area contributed by atoms with E-state index in [-0.39, 0.29) is 17.3 Å². The van der Waals surface area contributed by atoms with Crippen LogP contribution in [0.4, 0.5) is 14.5 Å². The molecule has 0 aliphatic rings. The van der Waals surface area contributed by atoms with E-state index in [4.69, 9.17) is 20.1 Å². The van der Waals surface area contributed by atoms with Crippen LogP contribution in [-0.4, -0.2) is 32.8 Å². The van der Waals surface area contributed by atoms with Crippen LogP contribution in [0.1, 0.15) is 49.9 Å². The first-order valence-corrected chi connectivity index (χ1v) is 10.6. The van der Waals surface area contributed by atoms with E-state index in [1.807, 2.05) is 40.4 Å². The number of hydrogen-bond donors (Lipinski definition) is 1. The van der Waals surface area contributed by atoms with E-state index < -0.39 is 11.8 Å². The molecule has 0 aliphatic heterocycles. The third kappa shape index (κ3) is 15.2. The molecule has 0 amide bonds. The first kappa shape index (κ1) is 36.2. The SMILES string of the molecule is C=O.C=O.CC(=O)[C@@H](C=O)C(C)C.COc1cc(C)ccc1C.Cc1ccc(N)cc1C(C)(F)F. The Morgan fingerprint density at radius 1 is 1.00 bits per heavy atom. The summed E-state index contributed by atoms with van der Waals surface area (Å²) >= 11 is 0. The van der Waals surface area contributed by atoms with Crippen molar-refractivity contribution in [3.05, 3.63) is 58.7 Å². The number of alkyl halides is 2. The van der Waals surface area contributed by atoms with Gasteiger partial charge < -0.3 is 24.9 Å². The molecule has 2 aromatic rings. The molecule has 0 aliphatic carbocycles. The number of hydrogen-bond acceptors (Lipinski definition) is 6. The van der Waals surface area contributed by atoms with E-state index >= 15 is 0 Å². The van der Waals surface area contributed by atoms with Gasteiger partial charge in [-0.15, -0.1) is 0 Å². The van der Waals surface area contributed by atoms with Crippen LogP contribution in [0.5, 0.6) is 5.75 Å². The predicted octanol–water partition coefficient (Wildman–Crippen LogP) is 5.68. The highest BCUT2D eigenvalue weighted by Crippen LogP contribution is 2.30. The van der Waals surface area contributed by atoms with Gasteiger partial charge in [0.2, 0.25) is 0 Å². The summed E-state index contributed by atoms with van der Waals surface area (Å²) in [5.74, 6) is -2.13. The summed E-state index contributed by atoms with van der Waals surface area (Å²) in [6.07, 6.45) is 0.715. The maximum Gasteiger partial charge on any atom is 0.270 e. The van der Waals surface area contributed by atoms with Crippen LogP contribution in [0.25, 0.3) is 0 Å². The first-order valence-electron chi connectivity index (χ1n) is 10.6. The monoisotopic (exact) mass is 495 g/mol. The molecule has 0 spiro atoms. The Hall–Kier alpha value is -3.42. The number of carbonyl (C=O) groups excluding carboxylic acids is 4. The number of aldehydes is 1. The van der Waals surface area contributed by atoms with Crippen molar-refractivity contribution in [2.45, 2.75) is 54.4 Å². The van der Waals surface area contributed by atoms with Gasteiger partial charge in [0.15, 0.2) is 0 Å². The number of ketones is 1. The number of halogens is 2. The first-order chi connectivity index (χ1) is 16.2. The molecule has 0 aromatic heterocycles. The number of nitrogen functional groups attached to an aromatic ring is 1. The number of benzene rings is 2. The molecule has 2 rings (SSSR count). The summed E-state index contributed by atoms with van der Waals surface area (Å²) in [6, 6.07) is 10.7. The smallest absolute Gasteiger partial charge is 0.270 e. The third-order valence-corrected chi connectivity index (χ3v) is 4.63. The number of anilines is 1. The molecule has 2 N–H and O–H groups in total. The van der Waals surface area contributed by atoms with Gasteiger partial charge in [-0.2, -0.15) is 0 Å². The van der Waals surface area contributed by atoms with Gasteiger partial charge >= 0.3 is 0 Å². The lowest BCUT2D eigenvalue weighted by molar-refractivity contribution is -0.127. The largest absolute Gasteiger partial charge is 0.496 e. The number of Topliss-reactive ketones (excluding diaryl/α,β-unsaturated/α-hetero) is 1. The average molecular weight is 496 g/mol. The van der Waals surface area contributed by atoms with Crippen LogP contribution >= 0.6 is 0 Å². The zero-order valence-corrected chi connectivity index (χ0v) is 22.0. The van der Waals surface area contributed by atoms with Crippen LogP contribution in [-0.2, 0) is 25.1 Å². The van der Waals surface area contributed by atoms with E-state index in [0.29, 0.717) is 17.5 Å². The minimum absolute atomic E-state index is 0.00231. The topological polar surface area (TPSA) is 104 Å². The maximum atomic E-state index is 12.8. The second-order valence-corrected chi connectivity index (χ2v) is 7.95. The maximum absolute atomic E-state index is 12.8. The van der Waals surface area contributed by atoms with Crippen molar-refractivity contribution in [2.24, 2.45) is 11.8 Å². The van der Waals surface area contributed by atoms with Gasteiger partial charge in [0.1, 0.15) is 31.4 Å². The molecule has 0 radical (unpaired) electrons. The molecule has 0 heterocycles. The summed E-state index contributed by atoms with van der Waals surface area (Å²) in [5, 5.41) is 0. The van der Waals surface area contributed by atoms with Crippen molar-refractivity contribution in [1.82, 2.24) is 0 Å². The van der Waals surface area contributed by atoms with E-state index in [1.165, 1.54) is 24.1 Å². The highest BCUT2D eigenvalue weighted by Gasteiger charge is 2.26. The highest BCUT2D eigenvalue weighted by molar-refractivity contribution is 5.91. The van der Waals surface area contributed by atoms with Gasteiger partial charge in [-0.25, -0.2) is 8.78 Å². The van der Waals surface area contributed by atoms with E-state index in [1.54, 1.807) is 26.2 Å². The van der Waals surface area contributed by atoms with Gasteiger partial charge in [0.05, 0.1) is 13.0 Å². The molecule has 0 saturated heterocycles. The van der Waals surface area contributed by atoms with Crippen molar-refractivity contribution in [3.8, 4) is 5.75 Å². The number of rotatable bonds is 5. The van der Waals surface area contributed by atoms with Crippen molar-refractivity contribution in [3.63, 3.8) is 0 Å². The normalized spacial score (nSPS) is 10.4. The molecule has 35 heavy (non-hydrogen) atoms. The van der Waals surface area contributed by atoms with Gasteiger partial charge in [-0.3, -0.25) is 4.79 Å². The van der Waals surface area contributed by atoms with Gasteiger partial charge in [0, 0.05) is 18.2 Å². The number of carbonyl (C=O) groups is 4. The Morgan fingerprint density at radius 2 is 1.49 bits per heavy atom. The second-order valence-electron chi connectivity index (χ2n) is 7.95. The summed E-state index contributed by atoms with van der Waals surface area (Å²) < 4.78 is 30.8. The van der Waals surface area contributed by atoms with Crippen molar-refractivity contribution >= 4 is 31.3 Å². The number of nitrogens with two attached hydrogens (primary N) is 1. The minimum atomic E-state index is -2.81. The van der Waals surface area contributed by atoms with Crippen molar-refractivity contribution < 1.29 is 32.7 Å². The van der Waals surface area contributed by atoms with Crippen molar-refractivity contribution in [1.29, 1.82) is 0 Å². The summed E-state index contributed by atoms with van der Waals surface area (Å²) in [6.45, 7) is 15.8. The molecule has 2 aromatic carbocycles. The summed E-state index contributed by atoms with van der Waals surface area (Å²) in [5.41, 5.74) is 8.76. The number of methoxy groups -OCH3 is 1. The van der Waals surface area contributed by atoms with Gasteiger partial charge in [-0.1, -0.05) is 32.0 Å². The second kappa shape index (κ2) is 18.9. The number of ether oxygens (including phenoxy) is 1. The summed E-state index contributed by atoms with van der Waals surface area (Å²) in [7, 11) is 1.70. The Balaban J connectivity index is -0.000000413. The Kier molecular flexibility index (Phi) is 19.6. The Bertz CT molecular complexity index is 894. The van der Waals surface area contributed by atoms with Gasteiger partial charge in [-0.05, 0) is 68.5 Å². The fourth-order valence-electron chi connectivity index (χ4n) is 2.76. The fourth-order valence-corrected chi connectivity index (χ4v) is 2.76. The molecule has 0 fully saturated rings. The molecular weight excluding hydrogens is 456 g/mol. The lowest BCUT2D eigenvalue weighted by Gasteiger charge is -2.13. The van der Waals surface area contributed by atoms with E-state index in [9.17, 15) is 18.4 Å². The minimum Gasteiger partial charge on any atom is -0.496 e. The van der Waals surface area contributed by atoms with Gasteiger partial charge in [0.25, 0.3) is 5.92 Å². The quantitative estimate of drug-likeness (QED) is 0.325. The molecule has 0 bridgehead atoms. The zero-order chi connectivity index (χ0) is 28.4.